The molecule has 1 aromatic carbocycles. The van der Waals surface area contributed by atoms with Crippen LogP contribution in [0.5, 0.6) is 0 Å². The topological polar surface area (TPSA) is 38.0 Å². The van der Waals surface area contributed by atoms with E-state index in [-0.39, 0.29) is 5.54 Å². The summed E-state index contributed by atoms with van der Waals surface area (Å²) in [6.07, 6.45) is 1.000. The largest absolute Gasteiger partial charge is 0.326 e. The van der Waals surface area contributed by atoms with E-state index in [1.54, 1.807) is 0 Å². The summed E-state index contributed by atoms with van der Waals surface area (Å²) in [7, 11) is 0. The van der Waals surface area contributed by atoms with Crippen molar-refractivity contribution < 1.29 is 0 Å². The fourth-order valence-corrected chi connectivity index (χ4v) is 1.24. The van der Waals surface area contributed by atoms with Crippen LogP contribution in [0, 0.1) is 0 Å². The van der Waals surface area contributed by atoms with Crippen LogP contribution in [0.25, 0.3) is 0 Å². The first kappa shape index (κ1) is 11.2. The minimum absolute atomic E-state index is 0.0658. The highest BCUT2D eigenvalue weighted by Gasteiger charge is 2.08. The lowest BCUT2D eigenvalue weighted by Crippen LogP contribution is -2.35. The van der Waals surface area contributed by atoms with Crippen molar-refractivity contribution in [1.82, 2.24) is 5.32 Å². The van der Waals surface area contributed by atoms with Gasteiger partial charge in [-0.3, -0.25) is 0 Å². The molecule has 0 aliphatic carbocycles. The number of nitrogens with two attached hydrogens (primary N) is 1. The molecule has 78 valence electrons. The Bertz CT molecular complexity index is 249. The second-order valence-electron chi connectivity index (χ2n) is 4.40. The van der Waals surface area contributed by atoms with Gasteiger partial charge in [-0.1, -0.05) is 30.3 Å². The van der Waals surface area contributed by atoms with Crippen LogP contribution >= 0.6 is 0 Å². The maximum atomic E-state index is 5.87. The van der Waals surface area contributed by atoms with Crippen LogP contribution in [-0.2, 0) is 6.54 Å². The molecular formula is C12H20N2. The van der Waals surface area contributed by atoms with Gasteiger partial charge in [-0.25, -0.2) is 0 Å². The Labute approximate surface area is 86.5 Å². The molecule has 1 aromatic rings. The SMILES string of the molecule is CC(C)(N)CCNCc1ccccc1. The van der Waals surface area contributed by atoms with E-state index in [4.69, 9.17) is 5.73 Å². The first-order valence-corrected chi connectivity index (χ1v) is 5.11. The fourth-order valence-electron chi connectivity index (χ4n) is 1.24. The first-order chi connectivity index (χ1) is 6.58. The molecule has 0 aliphatic heterocycles. The average molecular weight is 192 g/mol. The third-order valence-corrected chi connectivity index (χ3v) is 2.12. The highest BCUT2D eigenvalue weighted by Crippen LogP contribution is 2.02. The Morgan fingerprint density at radius 2 is 1.86 bits per heavy atom. The van der Waals surface area contributed by atoms with Gasteiger partial charge in [0.05, 0.1) is 0 Å². The van der Waals surface area contributed by atoms with E-state index in [2.05, 4.69) is 43.4 Å². The molecule has 0 fully saturated rings. The van der Waals surface area contributed by atoms with Crippen molar-refractivity contribution in [2.24, 2.45) is 5.73 Å². The van der Waals surface area contributed by atoms with E-state index in [1.807, 2.05) is 6.07 Å². The molecule has 0 aromatic heterocycles. The molecule has 0 heterocycles. The van der Waals surface area contributed by atoms with Gasteiger partial charge < -0.3 is 11.1 Å². The lowest BCUT2D eigenvalue weighted by atomic mass is 10.0. The van der Waals surface area contributed by atoms with Gasteiger partial charge in [0, 0.05) is 12.1 Å². The Hall–Kier alpha value is -0.860. The van der Waals surface area contributed by atoms with Crippen LogP contribution < -0.4 is 11.1 Å². The van der Waals surface area contributed by atoms with Gasteiger partial charge in [0.2, 0.25) is 0 Å². The van der Waals surface area contributed by atoms with Crippen LogP contribution in [0.4, 0.5) is 0 Å². The predicted octanol–water partition coefficient (Wildman–Crippen LogP) is 1.90. The van der Waals surface area contributed by atoms with Crippen molar-refractivity contribution in [3.63, 3.8) is 0 Å². The summed E-state index contributed by atoms with van der Waals surface area (Å²) in [5, 5.41) is 3.38. The molecule has 0 spiro atoms. The minimum atomic E-state index is -0.0658. The summed E-state index contributed by atoms with van der Waals surface area (Å²) in [5.41, 5.74) is 7.13. The smallest absolute Gasteiger partial charge is 0.0205 e. The zero-order chi connectivity index (χ0) is 10.4. The summed E-state index contributed by atoms with van der Waals surface area (Å²) in [4.78, 5) is 0. The normalized spacial score (nSPS) is 11.6. The van der Waals surface area contributed by atoms with Crippen LogP contribution in [0.2, 0.25) is 0 Å². The van der Waals surface area contributed by atoms with Gasteiger partial charge in [0.1, 0.15) is 0 Å². The molecule has 1 rings (SSSR count). The summed E-state index contributed by atoms with van der Waals surface area (Å²) in [6, 6.07) is 10.4. The van der Waals surface area contributed by atoms with Gasteiger partial charge in [-0.15, -0.1) is 0 Å². The Morgan fingerprint density at radius 1 is 1.21 bits per heavy atom. The van der Waals surface area contributed by atoms with Gasteiger partial charge in [0.25, 0.3) is 0 Å². The van der Waals surface area contributed by atoms with Gasteiger partial charge in [0.15, 0.2) is 0 Å². The molecule has 0 atom stereocenters. The average Bonchev–Trinajstić information content (AvgIpc) is 2.13. The molecule has 0 bridgehead atoms. The van der Waals surface area contributed by atoms with E-state index in [0.29, 0.717) is 0 Å². The van der Waals surface area contributed by atoms with Crippen molar-refractivity contribution in [3.05, 3.63) is 35.9 Å². The number of hydrogen-bond acceptors (Lipinski definition) is 2. The van der Waals surface area contributed by atoms with Crippen molar-refractivity contribution in [3.8, 4) is 0 Å². The second kappa shape index (κ2) is 5.13. The van der Waals surface area contributed by atoms with Crippen molar-refractivity contribution >= 4 is 0 Å². The highest BCUT2D eigenvalue weighted by atomic mass is 14.9. The summed E-state index contributed by atoms with van der Waals surface area (Å²) in [5.74, 6) is 0. The molecular weight excluding hydrogens is 172 g/mol. The first-order valence-electron chi connectivity index (χ1n) is 5.11. The number of rotatable bonds is 5. The quantitative estimate of drug-likeness (QED) is 0.699. The number of hydrogen-bond donors (Lipinski definition) is 2. The third kappa shape index (κ3) is 5.00. The summed E-state index contributed by atoms with van der Waals surface area (Å²) in [6.45, 7) is 6.00. The Balaban J connectivity index is 2.17. The molecule has 0 saturated carbocycles. The van der Waals surface area contributed by atoms with E-state index >= 15 is 0 Å². The molecule has 0 saturated heterocycles. The van der Waals surface area contributed by atoms with Crippen molar-refractivity contribution in [2.45, 2.75) is 32.4 Å². The van der Waals surface area contributed by atoms with E-state index in [9.17, 15) is 0 Å². The third-order valence-electron chi connectivity index (χ3n) is 2.12. The van der Waals surface area contributed by atoms with Gasteiger partial charge in [-0.2, -0.15) is 0 Å². The van der Waals surface area contributed by atoms with Gasteiger partial charge >= 0.3 is 0 Å². The molecule has 0 radical (unpaired) electrons. The Morgan fingerprint density at radius 3 is 2.43 bits per heavy atom. The van der Waals surface area contributed by atoms with Crippen molar-refractivity contribution in [1.29, 1.82) is 0 Å². The molecule has 0 aliphatic rings. The fraction of sp³-hybridized carbons (Fsp3) is 0.500. The molecule has 2 nitrogen and oxygen atoms in total. The molecule has 3 N–H and O–H groups in total. The summed E-state index contributed by atoms with van der Waals surface area (Å²) < 4.78 is 0. The summed E-state index contributed by atoms with van der Waals surface area (Å²) >= 11 is 0. The van der Waals surface area contributed by atoms with E-state index in [1.165, 1.54) is 5.56 Å². The van der Waals surface area contributed by atoms with Crippen LogP contribution in [0.3, 0.4) is 0 Å². The lowest BCUT2D eigenvalue weighted by Gasteiger charge is -2.18. The predicted molar refractivity (Wildman–Crippen MR) is 61.0 cm³/mol. The molecule has 0 unspecified atom stereocenters. The lowest BCUT2D eigenvalue weighted by molar-refractivity contribution is 0.455. The van der Waals surface area contributed by atoms with Crippen LogP contribution in [0.15, 0.2) is 30.3 Å². The number of benzene rings is 1. The van der Waals surface area contributed by atoms with Crippen molar-refractivity contribution in [2.75, 3.05) is 6.54 Å². The second-order valence-corrected chi connectivity index (χ2v) is 4.40. The zero-order valence-electron chi connectivity index (χ0n) is 9.09. The monoisotopic (exact) mass is 192 g/mol. The molecule has 2 heteroatoms. The van der Waals surface area contributed by atoms with Gasteiger partial charge in [-0.05, 0) is 32.4 Å². The van der Waals surface area contributed by atoms with E-state index < -0.39 is 0 Å². The maximum absolute atomic E-state index is 5.87. The van der Waals surface area contributed by atoms with Crippen LogP contribution in [-0.4, -0.2) is 12.1 Å². The number of nitrogens with one attached hydrogen (secondary N) is 1. The maximum Gasteiger partial charge on any atom is 0.0205 e. The Kier molecular flexibility index (Phi) is 4.11. The van der Waals surface area contributed by atoms with E-state index in [0.717, 1.165) is 19.5 Å². The van der Waals surface area contributed by atoms with Crippen LogP contribution in [0.1, 0.15) is 25.8 Å². The standard InChI is InChI=1S/C12H20N2/c1-12(2,13)8-9-14-10-11-6-4-3-5-7-11/h3-7,14H,8-10,13H2,1-2H3. The molecule has 14 heavy (non-hydrogen) atoms. The molecule has 0 amide bonds. The minimum Gasteiger partial charge on any atom is -0.326 e. The highest BCUT2D eigenvalue weighted by molar-refractivity contribution is 5.14. The zero-order valence-corrected chi connectivity index (χ0v) is 9.09.